The molecule has 1 saturated heterocycles. The number of nitrogens with one attached hydrogen (secondary N) is 2. The van der Waals surface area contributed by atoms with Gasteiger partial charge in [0.2, 0.25) is 11.8 Å². The molecule has 1 aliphatic rings. The summed E-state index contributed by atoms with van der Waals surface area (Å²) in [5.74, 6) is -0.501. The summed E-state index contributed by atoms with van der Waals surface area (Å²) >= 11 is 5.95. The third-order valence-electron chi connectivity index (χ3n) is 2.86. The van der Waals surface area contributed by atoms with Gasteiger partial charge in [-0.1, -0.05) is 17.7 Å². The molecule has 1 unspecified atom stereocenters. The zero-order valence-electron chi connectivity index (χ0n) is 9.57. The first-order valence-corrected chi connectivity index (χ1v) is 5.99. The van der Waals surface area contributed by atoms with E-state index in [4.69, 9.17) is 11.6 Å². The van der Waals surface area contributed by atoms with Crippen molar-refractivity contribution in [1.82, 2.24) is 10.6 Å². The smallest absolute Gasteiger partial charge is 0.243 e. The number of halogens is 1. The molecule has 0 saturated carbocycles. The van der Waals surface area contributed by atoms with Gasteiger partial charge < -0.3 is 10.4 Å². The molecule has 2 rings (SSSR count). The minimum absolute atomic E-state index is 0.0855. The summed E-state index contributed by atoms with van der Waals surface area (Å²) in [4.78, 5) is 22.5. The van der Waals surface area contributed by atoms with Crippen molar-refractivity contribution < 1.29 is 14.7 Å². The van der Waals surface area contributed by atoms with Gasteiger partial charge in [0.1, 0.15) is 5.75 Å². The number of carbonyl (C=O) groups is 2. The minimum atomic E-state index is -0.432. The van der Waals surface area contributed by atoms with Crippen LogP contribution in [0.15, 0.2) is 18.2 Å². The van der Waals surface area contributed by atoms with Gasteiger partial charge in [0.25, 0.3) is 0 Å². The Bertz CT molecular complexity index is 470. The van der Waals surface area contributed by atoms with Crippen LogP contribution in [0.5, 0.6) is 5.75 Å². The van der Waals surface area contributed by atoms with Crippen LogP contribution in [0, 0.1) is 0 Å². The van der Waals surface area contributed by atoms with Gasteiger partial charge in [-0.2, -0.15) is 0 Å². The Balaban J connectivity index is 1.99. The number of phenolic OH excluding ortho intramolecular Hbond substituents is 1. The summed E-state index contributed by atoms with van der Waals surface area (Å²) in [6.45, 7) is 0.276. The molecule has 1 fully saturated rings. The molecule has 1 atom stereocenters. The monoisotopic (exact) mass is 268 g/mol. The summed E-state index contributed by atoms with van der Waals surface area (Å²) in [6, 6.07) is 4.42. The molecule has 0 aromatic heterocycles. The molecule has 5 nitrogen and oxygen atoms in total. The van der Waals surface area contributed by atoms with E-state index < -0.39 is 6.04 Å². The highest BCUT2D eigenvalue weighted by molar-refractivity contribution is 6.31. The lowest BCUT2D eigenvalue weighted by atomic mass is 10.1. The molecule has 1 heterocycles. The number of aromatic hydroxyl groups is 1. The number of rotatable bonds is 3. The van der Waals surface area contributed by atoms with Gasteiger partial charge in [0.15, 0.2) is 0 Å². The highest BCUT2D eigenvalue weighted by Gasteiger charge is 2.26. The second-order valence-electron chi connectivity index (χ2n) is 4.12. The Morgan fingerprint density at radius 1 is 1.44 bits per heavy atom. The van der Waals surface area contributed by atoms with E-state index in [2.05, 4.69) is 10.6 Å². The van der Waals surface area contributed by atoms with Crippen LogP contribution in [-0.2, 0) is 16.1 Å². The lowest BCUT2D eigenvalue weighted by Gasteiger charge is -2.22. The fourth-order valence-electron chi connectivity index (χ4n) is 1.84. The van der Waals surface area contributed by atoms with E-state index in [1.165, 1.54) is 6.07 Å². The second-order valence-corrected chi connectivity index (χ2v) is 4.53. The molecule has 0 spiro atoms. The Morgan fingerprint density at radius 2 is 2.22 bits per heavy atom. The van der Waals surface area contributed by atoms with Crippen LogP contribution < -0.4 is 10.6 Å². The van der Waals surface area contributed by atoms with E-state index in [1.807, 2.05) is 0 Å². The number of hydrogen-bond acceptors (Lipinski definition) is 4. The van der Waals surface area contributed by atoms with Crippen LogP contribution in [0.3, 0.4) is 0 Å². The number of imide groups is 1. The average Bonchev–Trinajstić information content (AvgIpc) is 2.31. The van der Waals surface area contributed by atoms with Crippen molar-refractivity contribution in [3.05, 3.63) is 28.8 Å². The van der Waals surface area contributed by atoms with Crippen LogP contribution in [0.4, 0.5) is 0 Å². The van der Waals surface area contributed by atoms with Gasteiger partial charge in [-0.25, -0.2) is 0 Å². The van der Waals surface area contributed by atoms with Gasteiger partial charge >= 0.3 is 0 Å². The van der Waals surface area contributed by atoms with Crippen molar-refractivity contribution in [3.8, 4) is 5.75 Å². The summed E-state index contributed by atoms with van der Waals surface area (Å²) in [5, 5.41) is 15.3. The van der Waals surface area contributed by atoms with Gasteiger partial charge in [-0.05, 0) is 18.6 Å². The lowest BCUT2D eigenvalue weighted by molar-refractivity contribution is -0.134. The highest BCUT2D eigenvalue weighted by Crippen LogP contribution is 2.25. The van der Waals surface area contributed by atoms with Crippen molar-refractivity contribution in [1.29, 1.82) is 0 Å². The van der Waals surface area contributed by atoms with Gasteiger partial charge in [0, 0.05) is 23.6 Å². The van der Waals surface area contributed by atoms with Crippen molar-refractivity contribution in [2.45, 2.75) is 25.4 Å². The third kappa shape index (κ3) is 2.80. The normalized spacial score (nSPS) is 19.7. The topological polar surface area (TPSA) is 78.4 Å². The van der Waals surface area contributed by atoms with Crippen molar-refractivity contribution in [2.75, 3.05) is 0 Å². The first-order valence-electron chi connectivity index (χ1n) is 5.61. The quantitative estimate of drug-likeness (QED) is 0.713. The Morgan fingerprint density at radius 3 is 2.89 bits per heavy atom. The Hall–Kier alpha value is -1.59. The molecular weight excluding hydrogens is 256 g/mol. The molecule has 0 radical (unpaired) electrons. The molecule has 0 aliphatic carbocycles. The average molecular weight is 269 g/mol. The van der Waals surface area contributed by atoms with E-state index >= 15 is 0 Å². The maximum atomic E-state index is 11.5. The number of hydrogen-bond donors (Lipinski definition) is 3. The minimum Gasteiger partial charge on any atom is -0.508 e. The predicted molar refractivity (Wildman–Crippen MR) is 66.1 cm³/mol. The fourth-order valence-corrected chi connectivity index (χ4v) is 2.07. The fraction of sp³-hybridized carbons (Fsp3) is 0.333. The van der Waals surface area contributed by atoms with Crippen LogP contribution in [0.1, 0.15) is 18.4 Å². The van der Waals surface area contributed by atoms with E-state index in [-0.39, 0.29) is 24.1 Å². The van der Waals surface area contributed by atoms with E-state index in [1.54, 1.807) is 12.1 Å². The molecular formula is C12H13ClN2O3. The molecule has 18 heavy (non-hydrogen) atoms. The zero-order chi connectivity index (χ0) is 13.1. The van der Waals surface area contributed by atoms with E-state index in [9.17, 15) is 14.7 Å². The number of benzene rings is 1. The molecule has 3 N–H and O–H groups in total. The molecule has 2 amide bonds. The zero-order valence-corrected chi connectivity index (χ0v) is 10.3. The van der Waals surface area contributed by atoms with Gasteiger partial charge in [0.05, 0.1) is 6.04 Å². The molecule has 6 heteroatoms. The van der Waals surface area contributed by atoms with Crippen molar-refractivity contribution in [2.24, 2.45) is 0 Å². The molecule has 1 aromatic rings. The van der Waals surface area contributed by atoms with E-state index in [0.717, 1.165) is 0 Å². The van der Waals surface area contributed by atoms with Crippen LogP contribution in [0.25, 0.3) is 0 Å². The SMILES string of the molecule is O=C1CCC(NCc2c(O)cccc2Cl)C(=O)N1. The van der Waals surface area contributed by atoms with E-state index in [0.29, 0.717) is 23.4 Å². The summed E-state index contributed by atoms with van der Waals surface area (Å²) in [7, 11) is 0. The Kier molecular flexibility index (Phi) is 3.84. The third-order valence-corrected chi connectivity index (χ3v) is 3.21. The van der Waals surface area contributed by atoms with Gasteiger partial charge in [-0.15, -0.1) is 0 Å². The Labute approximate surface area is 109 Å². The maximum Gasteiger partial charge on any atom is 0.243 e. The maximum absolute atomic E-state index is 11.5. The molecule has 1 aliphatic heterocycles. The molecule has 1 aromatic carbocycles. The van der Waals surface area contributed by atoms with Crippen LogP contribution >= 0.6 is 11.6 Å². The summed E-state index contributed by atoms with van der Waals surface area (Å²) < 4.78 is 0. The molecule has 0 bridgehead atoms. The van der Waals surface area contributed by atoms with Crippen LogP contribution in [-0.4, -0.2) is 23.0 Å². The number of piperidine rings is 1. The number of amides is 2. The number of carbonyl (C=O) groups excluding carboxylic acids is 2. The largest absolute Gasteiger partial charge is 0.508 e. The van der Waals surface area contributed by atoms with Crippen LogP contribution in [0.2, 0.25) is 5.02 Å². The van der Waals surface area contributed by atoms with Crippen molar-refractivity contribution >= 4 is 23.4 Å². The summed E-state index contributed by atoms with van der Waals surface area (Å²) in [5.41, 5.74) is 0.545. The standard InChI is InChI=1S/C12H13ClN2O3/c13-8-2-1-3-10(16)7(8)6-14-9-4-5-11(17)15-12(9)18/h1-3,9,14,16H,4-6H2,(H,15,17,18). The second kappa shape index (κ2) is 5.37. The first kappa shape index (κ1) is 12.9. The highest BCUT2D eigenvalue weighted by atomic mass is 35.5. The predicted octanol–water partition coefficient (Wildman–Crippen LogP) is 0.940. The van der Waals surface area contributed by atoms with Gasteiger partial charge in [-0.3, -0.25) is 14.9 Å². The number of phenols is 1. The lowest BCUT2D eigenvalue weighted by Crippen LogP contribution is -2.50. The van der Waals surface area contributed by atoms with Crippen molar-refractivity contribution in [3.63, 3.8) is 0 Å². The first-order chi connectivity index (χ1) is 8.58. The molecule has 96 valence electrons. The summed E-state index contributed by atoms with van der Waals surface area (Å²) in [6.07, 6.45) is 0.772.